The number of carboxylic acids is 1. The van der Waals surface area contributed by atoms with E-state index in [1.54, 1.807) is 7.11 Å². The molecule has 1 N–H and O–H groups in total. The second kappa shape index (κ2) is 6.86. The predicted molar refractivity (Wildman–Crippen MR) is 97.6 cm³/mol. The average molecular weight is 392 g/mol. The summed E-state index contributed by atoms with van der Waals surface area (Å²) in [6.07, 6.45) is 1.62. The molecule has 0 aliphatic carbocycles. The Morgan fingerprint density at radius 3 is 2.48 bits per heavy atom. The van der Waals surface area contributed by atoms with Crippen LogP contribution in [0.15, 0.2) is 41.3 Å². The smallest absolute Gasteiger partial charge is 0.335 e. The van der Waals surface area contributed by atoms with Crippen LogP contribution in [0.25, 0.3) is 0 Å². The van der Waals surface area contributed by atoms with Crippen molar-refractivity contribution in [3.63, 3.8) is 0 Å². The SMILES string of the molecule is COCC1(C)Cc2c(Oc3ccc(S(C)(=O)=O)cc3)cc(C(=O)O)cc2O1. The molecule has 3 rings (SSSR count). The largest absolute Gasteiger partial charge is 0.484 e. The lowest BCUT2D eigenvalue weighted by atomic mass is 9.98. The summed E-state index contributed by atoms with van der Waals surface area (Å²) < 4.78 is 40.1. The molecule has 1 atom stereocenters. The van der Waals surface area contributed by atoms with Crippen molar-refractivity contribution in [3.8, 4) is 17.2 Å². The summed E-state index contributed by atoms with van der Waals surface area (Å²) in [7, 11) is -1.74. The quantitative estimate of drug-likeness (QED) is 0.807. The first-order valence-electron chi connectivity index (χ1n) is 8.17. The third-order valence-corrected chi connectivity index (χ3v) is 5.38. The molecule has 0 aromatic heterocycles. The van der Waals surface area contributed by atoms with E-state index in [0.717, 1.165) is 11.8 Å². The number of sulfone groups is 1. The number of hydrogen-bond acceptors (Lipinski definition) is 6. The van der Waals surface area contributed by atoms with Gasteiger partial charge in [-0.15, -0.1) is 0 Å². The van der Waals surface area contributed by atoms with E-state index in [4.69, 9.17) is 14.2 Å². The molecule has 1 heterocycles. The molecule has 1 aliphatic heterocycles. The Bertz CT molecular complexity index is 980. The Morgan fingerprint density at radius 1 is 1.26 bits per heavy atom. The molecular formula is C19H20O7S. The molecule has 0 amide bonds. The molecular weight excluding hydrogens is 372 g/mol. The van der Waals surface area contributed by atoms with Gasteiger partial charge in [0.2, 0.25) is 0 Å². The van der Waals surface area contributed by atoms with Crippen LogP contribution in [-0.2, 0) is 21.0 Å². The summed E-state index contributed by atoms with van der Waals surface area (Å²) in [6.45, 7) is 2.22. The molecule has 2 aromatic rings. The van der Waals surface area contributed by atoms with Gasteiger partial charge in [0, 0.05) is 25.3 Å². The molecule has 8 heteroatoms. The molecule has 27 heavy (non-hydrogen) atoms. The highest BCUT2D eigenvalue weighted by Crippen LogP contribution is 2.43. The van der Waals surface area contributed by atoms with Crippen LogP contribution in [0, 0.1) is 0 Å². The van der Waals surface area contributed by atoms with Crippen molar-refractivity contribution in [2.75, 3.05) is 20.0 Å². The third-order valence-electron chi connectivity index (χ3n) is 4.25. The maximum atomic E-state index is 11.6. The lowest BCUT2D eigenvalue weighted by Gasteiger charge is -2.22. The summed E-state index contributed by atoms with van der Waals surface area (Å²) in [6, 6.07) is 8.85. The Balaban J connectivity index is 1.97. The Hall–Kier alpha value is -2.58. The number of methoxy groups -OCH3 is 1. The number of benzene rings is 2. The van der Waals surface area contributed by atoms with Crippen LogP contribution < -0.4 is 9.47 Å². The molecule has 1 aliphatic rings. The normalized spacial score (nSPS) is 18.6. The Morgan fingerprint density at radius 2 is 1.93 bits per heavy atom. The molecule has 0 radical (unpaired) electrons. The summed E-state index contributed by atoms with van der Waals surface area (Å²) in [5.74, 6) is 0.0977. The van der Waals surface area contributed by atoms with Gasteiger partial charge in [-0.1, -0.05) is 0 Å². The van der Waals surface area contributed by atoms with Gasteiger partial charge in [0.1, 0.15) is 22.8 Å². The van der Waals surface area contributed by atoms with Crippen LogP contribution in [-0.4, -0.2) is 45.1 Å². The topological polar surface area (TPSA) is 99.1 Å². The van der Waals surface area contributed by atoms with Gasteiger partial charge in [-0.3, -0.25) is 0 Å². The van der Waals surface area contributed by atoms with Crippen molar-refractivity contribution in [1.82, 2.24) is 0 Å². The van der Waals surface area contributed by atoms with E-state index in [1.165, 1.54) is 36.4 Å². The van der Waals surface area contributed by atoms with Gasteiger partial charge in [-0.25, -0.2) is 13.2 Å². The zero-order chi connectivity index (χ0) is 19.8. The van der Waals surface area contributed by atoms with Crippen LogP contribution in [0.5, 0.6) is 17.2 Å². The minimum absolute atomic E-state index is 0.0400. The monoisotopic (exact) mass is 392 g/mol. The van der Waals surface area contributed by atoms with Gasteiger partial charge in [0.15, 0.2) is 9.84 Å². The van der Waals surface area contributed by atoms with E-state index in [1.807, 2.05) is 6.92 Å². The van der Waals surface area contributed by atoms with Crippen LogP contribution >= 0.6 is 0 Å². The molecule has 1 unspecified atom stereocenters. The van der Waals surface area contributed by atoms with Crippen molar-refractivity contribution in [3.05, 3.63) is 47.5 Å². The molecule has 0 saturated heterocycles. The van der Waals surface area contributed by atoms with Crippen molar-refractivity contribution in [2.24, 2.45) is 0 Å². The summed E-state index contributed by atoms with van der Waals surface area (Å²) in [5.41, 5.74) is 0.164. The van der Waals surface area contributed by atoms with Crippen LogP contribution in [0.3, 0.4) is 0 Å². The summed E-state index contributed by atoms with van der Waals surface area (Å²) in [5, 5.41) is 9.36. The number of fused-ring (bicyclic) bond motifs is 1. The fourth-order valence-electron chi connectivity index (χ4n) is 3.04. The first kappa shape index (κ1) is 19.2. The highest BCUT2D eigenvalue weighted by molar-refractivity contribution is 7.90. The van der Waals surface area contributed by atoms with Crippen LogP contribution in [0.1, 0.15) is 22.8 Å². The number of aromatic carboxylic acids is 1. The maximum absolute atomic E-state index is 11.6. The molecule has 7 nitrogen and oxygen atoms in total. The fourth-order valence-corrected chi connectivity index (χ4v) is 3.67. The predicted octanol–water partition coefficient (Wildman–Crippen LogP) is 2.92. The van der Waals surface area contributed by atoms with Gasteiger partial charge >= 0.3 is 5.97 Å². The van der Waals surface area contributed by atoms with Gasteiger partial charge in [-0.2, -0.15) is 0 Å². The first-order valence-corrected chi connectivity index (χ1v) is 10.1. The Labute approximate surface area is 157 Å². The van der Waals surface area contributed by atoms with Crippen molar-refractivity contribution >= 4 is 15.8 Å². The standard InChI is InChI=1S/C19H20O7S/c1-19(11-24-2)10-15-16(8-12(18(20)21)9-17(15)26-19)25-13-4-6-14(7-5-13)27(3,22)23/h4-9H,10-11H2,1-3H3,(H,20,21). The van der Waals surface area contributed by atoms with Gasteiger partial charge in [-0.05, 0) is 43.3 Å². The van der Waals surface area contributed by atoms with Gasteiger partial charge in [0.05, 0.1) is 17.1 Å². The van der Waals surface area contributed by atoms with Crippen LogP contribution in [0.2, 0.25) is 0 Å². The minimum atomic E-state index is -3.31. The molecule has 0 bridgehead atoms. The second-order valence-electron chi connectivity index (χ2n) is 6.76. The molecule has 0 saturated carbocycles. The zero-order valence-electron chi connectivity index (χ0n) is 15.2. The molecule has 0 spiro atoms. The summed E-state index contributed by atoms with van der Waals surface area (Å²) in [4.78, 5) is 11.6. The number of carbonyl (C=O) groups is 1. The molecule has 0 fully saturated rings. The van der Waals surface area contributed by atoms with E-state index < -0.39 is 21.4 Å². The van der Waals surface area contributed by atoms with E-state index in [-0.39, 0.29) is 10.5 Å². The van der Waals surface area contributed by atoms with Crippen LogP contribution in [0.4, 0.5) is 0 Å². The highest BCUT2D eigenvalue weighted by Gasteiger charge is 2.38. The van der Waals surface area contributed by atoms with Gasteiger partial charge in [0.25, 0.3) is 0 Å². The lowest BCUT2D eigenvalue weighted by molar-refractivity contribution is 0.0204. The zero-order valence-corrected chi connectivity index (χ0v) is 16.0. The average Bonchev–Trinajstić information content (AvgIpc) is 2.91. The van der Waals surface area contributed by atoms with Gasteiger partial charge < -0.3 is 19.3 Å². The Kier molecular flexibility index (Phi) is 4.88. The van der Waals surface area contributed by atoms with E-state index in [9.17, 15) is 18.3 Å². The lowest BCUT2D eigenvalue weighted by Crippen LogP contribution is -2.35. The highest BCUT2D eigenvalue weighted by atomic mass is 32.2. The third kappa shape index (κ3) is 4.06. The number of hydrogen-bond donors (Lipinski definition) is 1. The summed E-state index contributed by atoms with van der Waals surface area (Å²) >= 11 is 0. The van der Waals surface area contributed by atoms with Crippen molar-refractivity contribution < 1.29 is 32.5 Å². The minimum Gasteiger partial charge on any atom is -0.484 e. The van der Waals surface area contributed by atoms with Crippen molar-refractivity contribution in [2.45, 2.75) is 23.8 Å². The van der Waals surface area contributed by atoms with E-state index in [2.05, 4.69) is 0 Å². The van der Waals surface area contributed by atoms with E-state index in [0.29, 0.717) is 30.3 Å². The van der Waals surface area contributed by atoms with Crippen molar-refractivity contribution in [1.29, 1.82) is 0 Å². The first-order chi connectivity index (χ1) is 12.6. The second-order valence-corrected chi connectivity index (χ2v) is 8.78. The maximum Gasteiger partial charge on any atom is 0.335 e. The number of rotatable bonds is 6. The molecule has 2 aromatic carbocycles. The number of ether oxygens (including phenoxy) is 3. The molecule has 144 valence electrons. The van der Waals surface area contributed by atoms with E-state index >= 15 is 0 Å². The fraction of sp³-hybridized carbons (Fsp3) is 0.316. The number of carboxylic acid groups (broad SMARTS) is 1.